The topological polar surface area (TPSA) is 24.4 Å². The van der Waals surface area contributed by atoms with E-state index in [9.17, 15) is 13.2 Å². The van der Waals surface area contributed by atoms with Crippen molar-refractivity contribution in [2.75, 3.05) is 12.3 Å². The third-order valence-electron chi connectivity index (χ3n) is 4.30. The van der Waals surface area contributed by atoms with Gasteiger partial charge in [0, 0.05) is 10.8 Å². The molecule has 2 aromatic rings. The van der Waals surface area contributed by atoms with E-state index < -0.39 is 17.8 Å². The van der Waals surface area contributed by atoms with Crippen LogP contribution in [0.15, 0.2) is 41.4 Å². The molecule has 0 fully saturated rings. The van der Waals surface area contributed by atoms with E-state index in [2.05, 4.69) is 10.3 Å². The van der Waals surface area contributed by atoms with E-state index in [0.717, 1.165) is 28.5 Å². The van der Waals surface area contributed by atoms with Crippen LogP contribution in [0, 0.1) is 13.8 Å². The third kappa shape index (κ3) is 5.20. The van der Waals surface area contributed by atoms with Crippen LogP contribution in [-0.2, 0) is 12.6 Å². The summed E-state index contributed by atoms with van der Waals surface area (Å²) in [6, 6.07) is 9.22. The summed E-state index contributed by atoms with van der Waals surface area (Å²) in [6.45, 7) is 4.64. The molecular weight excluding hydrogens is 393 g/mol. The number of aryl methyl sites for hydroxylation is 2. The van der Waals surface area contributed by atoms with Crippen molar-refractivity contribution in [2.24, 2.45) is 4.99 Å². The molecule has 3 rings (SSSR count). The van der Waals surface area contributed by atoms with Crippen LogP contribution in [0.1, 0.15) is 33.9 Å². The van der Waals surface area contributed by atoms with Crippen molar-refractivity contribution in [2.45, 2.75) is 32.5 Å². The third-order valence-corrected chi connectivity index (χ3v) is 5.44. The van der Waals surface area contributed by atoms with Gasteiger partial charge in [-0.1, -0.05) is 52.7 Å². The largest absolute Gasteiger partial charge is 0.416 e. The number of rotatable bonds is 4. The lowest BCUT2D eigenvalue weighted by atomic mass is 9.93. The lowest BCUT2D eigenvalue weighted by Crippen LogP contribution is -2.29. The maximum atomic E-state index is 13.6. The van der Waals surface area contributed by atoms with Gasteiger partial charge < -0.3 is 5.32 Å². The highest BCUT2D eigenvalue weighted by molar-refractivity contribution is 8.14. The zero-order valence-corrected chi connectivity index (χ0v) is 16.6. The molecule has 1 heterocycles. The van der Waals surface area contributed by atoms with Crippen molar-refractivity contribution in [1.82, 2.24) is 5.32 Å². The molecule has 1 unspecified atom stereocenters. The first-order valence-electron chi connectivity index (χ1n) is 8.60. The SMILES string of the molecule is Cc1cc(C)cc(CC(NC2=NCCS2)c2cc(Cl)ccc2C(F)(F)F)c1. The molecule has 27 heavy (non-hydrogen) atoms. The van der Waals surface area contributed by atoms with Crippen molar-refractivity contribution in [3.8, 4) is 0 Å². The number of amidine groups is 1. The molecule has 7 heteroatoms. The lowest BCUT2D eigenvalue weighted by Gasteiger charge is -2.24. The average Bonchev–Trinajstić information content (AvgIpc) is 3.05. The zero-order valence-electron chi connectivity index (χ0n) is 15.0. The number of hydrogen-bond donors (Lipinski definition) is 1. The van der Waals surface area contributed by atoms with Crippen LogP contribution in [0.5, 0.6) is 0 Å². The number of halogens is 4. The molecule has 0 bridgehead atoms. The Hall–Kier alpha value is -1.66. The van der Waals surface area contributed by atoms with E-state index >= 15 is 0 Å². The number of nitrogens with zero attached hydrogens (tertiary/aromatic N) is 1. The molecule has 0 saturated carbocycles. The van der Waals surface area contributed by atoms with Gasteiger partial charge in [-0.25, -0.2) is 0 Å². The number of benzene rings is 2. The number of thioether (sulfide) groups is 1. The fourth-order valence-electron chi connectivity index (χ4n) is 3.31. The predicted octanol–water partition coefficient (Wildman–Crippen LogP) is 5.95. The van der Waals surface area contributed by atoms with Gasteiger partial charge in [-0.3, -0.25) is 4.99 Å². The lowest BCUT2D eigenvalue weighted by molar-refractivity contribution is -0.138. The molecule has 0 amide bonds. The zero-order chi connectivity index (χ0) is 19.6. The molecule has 0 radical (unpaired) electrons. The van der Waals surface area contributed by atoms with Crippen LogP contribution in [0.2, 0.25) is 5.02 Å². The first kappa shape index (κ1) is 20.1. The molecule has 0 aromatic heterocycles. The van der Waals surface area contributed by atoms with Crippen LogP contribution in [0.3, 0.4) is 0 Å². The number of aliphatic imine (C=N–C) groups is 1. The van der Waals surface area contributed by atoms with Gasteiger partial charge in [0.1, 0.15) is 0 Å². The minimum Gasteiger partial charge on any atom is -0.358 e. The monoisotopic (exact) mass is 412 g/mol. The molecule has 1 aliphatic rings. The second-order valence-electron chi connectivity index (χ2n) is 6.66. The number of hydrogen-bond acceptors (Lipinski definition) is 3. The summed E-state index contributed by atoms with van der Waals surface area (Å²) < 4.78 is 40.8. The first-order valence-corrected chi connectivity index (χ1v) is 9.96. The van der Waals surface area contributed by atoms with Gasteiger partial charge in [-0.15, -0.1) is 0 Å². The molecule has 2 aromatic carbocycles. The van der Waals surface area contributed by atoms with Crippen LogP contribution < -0.4 is 5.32 Å². The summed E-state index contributed by atoms with van der Waals surface area (Å²) in [5.41, 5.74) is 2.61. The minimum absolute atomic E-state index is 0.143. The maximum Gasteiger partial charge on any atom is 0.416 e. The van der Waals surface area contributed by atoms with Crippen molar-refractivity contribution < 1.29 is 13.2 Å². The number of alkyl halides is 3. The summed E-state index contributed by atoms with van der Waals surface area (Å²) in [7, 11) is 0. The first-order chi connectivity index (χ1) is 12.7. The summed E-state index contributed by atoms with van der Waals surface area (Å²) in [4.78, 5) is 4.35. The predicted molar refractivity (Wildman–Crippen MR) is 107 cm³/mol. The maximum absolute atomic E-state index is 13.6. The van der Waals surface area contributed by atoms with Crippen molar-refractivity contribution in [1.29, 1.82) is 0 Å². The van der Waals surface area contributed by atoms with E-state index in [1.54, 1.807) is 0 Å². The van der Waals surface area contributed by atoms with Gasteiger partial charge in [0.25, 0.3) is 0 Å². The van der Waals surface area contributed by atoms with Gasteiger partial charge in [-0.2, -0.15) is 13.2 Å². The van der Waals surface area contributed by atoms with E-state index in [1.807, 2.05) is 32.0 Å². The van der Waals surface area contributed by atoms with E-state index in [0.29, 0.717) is 18.1 Å². The van der Waals surface area contributed by atoms with Crippen molar-refractivity contribution in [3.63, 3.8) is 0 Å². The Kier molecular flexibility index (Phi) is 6.06. The van der Waals surface area contributed by atoms with Gasteiger partial charge in [0.15, 0.2) is 5.17 Å². The Labute approximate surface area is 166 Å². The summed E-state index contributed by atoms with van der Waals surface area (Å²) >= 11 is 7.57. The molecular formula is C20H20ClF3N2S. The van der Waals surface area contributed by atoms with Crippen LogP contribution in [0.4, 0.5) is 13.2 Å². The average molecular weight is 413 g/mol. The quantitative estimate of drug-likeness (QED) is 0.670. The highest BCUT2D eigenvalue weighted by atomic mass is 35.5. The van der Waals surface area contributed by atoms with Gasteiger partial charge in [0.05, 0.1) is 18.2 Å². The molecule has 1 atom stereocenters. The Bertz CT molecular complexity index is 845. The summed E-state index contributed by atoms with van der Waals surface area (Å²) in [5, 5.41) is 4.18. The van der Waals surface area contributed by atoms with Gasteiger partial charge >= 0.3 is 6.18 Å². The molecule has 1 aliphatic heterocycles. The standard InChI is InChI=1S/C20H20ClF3N2S/c1-12-7-13(2)9-14(8-12)10-18(26-19-25-5-6-27-19)16-11-15(21)3-4-17(16)20(22,23)24/h3-4,7-9,11,18H,5-6,10H2,1-2H3,(H,25,26). The van der Waals surface area contributed by atoms with E-state index in [1.165, 1.54) is 23.9 Å². The normalized spacial score (nSPS) is 15.6. The molecule has 2 nitrogen and oxygen atoms in total. The molecule has 0 aliphatic carbocycles. The summed E-state index contributed by atoms with van der Waals surface area (Å²) in [5.74, 6) is 0.834. The number of nitrogens with one attached hydrogen (secondary N) is 1. The summed E-state index contributed by atoms with van der Waals surface area (Å²) in [6.07, 6.45) is -4.04. The van der Waals surface area contributed by atoms with E-state index in [4.69, 9.17) is 11.6 Å². The van der Waals surface area contributed by atoms with Crippen LogP contribution >= 0.6 is 23.4 Å². The van der Waals surface area contributed by atoms with Crippen LogP contribution in [0.25, 0.3) is 0 Å². The highest BCUT2D eigenvalue weighted by Crippen LogP contribution is 2.37. The fourth-order valence-corrected chi connectivity index (χ4v) is 4.28. The Morgan fingerprint density at radius 3 is 2.44 bits per heavy atom. The second-order valence-corrected chi connectivity index (χ2v) is 8.18. The molecule has 0 saturated heterocycles. The van der Waals surface area contributed by atoms with Crippen LogP contribution in [-0.4, -0.2) is 17.5 Å². The highest BCUT2D eigenvalue weighted by Gasteiger charge is 2.35. The van der Waals surface area contributed by atoms with Gasteiger partial charge in [-0.05, 0) is 49.6 Å². The molecule has 144 valence electrons. The van der Waals surface area contributed by atoms with E-state index in [-0.39, 0.29) is 10.6 Å². The smallest absolute Gasteiger partial charge is 0.358 e. The van der Waals surface area contributed by atoms with Crippen molar-refractivity contribution >= 4 is 28.5 Å². The molecule has 1 N–H and O–H groups in total. The fraction of sp³-hybridized carbons (Fsp3) is 0.350. The Morgan fingerprint density at radius 1 is 1.15 bits per heavy atom. The minimum atomic E-state index is -4.45. The second kappa shape index (κ2) is 8.15. The Morgan fingerprint density at radius 2 is 1.85 bits per heavy atom. The Balaban J connectivity index is 2.03. The molecule has 0 spiro atoms. The van der Waals surface area contributed by atoms with Gasteiger partial charge in [0.2, 0.25) is 0 Å². The van der Waals surface area contributed by atoms with Crippen molar-refractivity contribution in [3.05, 3.63) is 69.2 Å².